The number of nitrogens with zero attached hydrogens (tertiary/aromatic N) is 2. The topological polar surface area (TPSA) is 39.1 Å². The van der Waals surface area contributed by atoms with Crippen LogP contribution in [0.5, 0.6) is 5.75 Å². The zero-order chi connectivity index (χ0) is 16.1. The van der Waals surface area contributed by atoms with Crippen molar-refractivity contribution in [2.24, 2.45) is 0 Å². The lowest BCUT2D eigenvalue weighted by Gasteiger charge is -2.11. The van der Waals surface area contributed by atoms with Crippen LogP contribution in [-0.4, -0.2) is 29.8 Å². The molecule has 0 atom stereocenters. The van der Waals surface area contributed by atoms with Crippen LogP contribution in [0.15, 0.2) is 48.5 Å². The van der Waals surface area contributed by atoms with Crippen LogP contribution >= 0.6 is 0 Å². The molecule has 1 heterocycles. The minimum Gasteiger partial charge on any atom is -0.492 e. The summed E-state index contributed by atoms with van der Waals surface area (Å²) in [6.07, 6.45) is 0.912. The minimum absolute atomic E-state index is 0.635. The molecule has 0 bridgehead atoms. The smallest absolute Gasteiger partial charge is 0.119 e. The van der Waals surface area contributed by atoms with Gasteiger partial charge in [0.05, 0.1) is 17.6 Å². The van der Waals surface area contributed by atoms with Crippen molar-refractivity contribution in [1.82, 2.24) is 14.9 Å². The third kappa shape index (κ3) is 3.71. The Labute approximate surface area is 137 Å². The summed E-state index contributed by atoms with van der Waals surface area (Å²) in [5.41, 5.74) is 3.47. The van der Waals surface area contributed by atoms with E-state index in [2.05, 4.69) is 47.1 Å². The Morgan fingerprint density at radius 1 is 1.09 bits per heavy atom. The molecule has 4 nitrogen and oxygen atoms in total. The van der Waals surface area contributed by atoms with Crippen LogP contribution in [0, 0.1) is 6.92 Å². The first kappa shape index (κ1) is 15.6. The molecule has 0 aliphatic rings. The summed E-state index contributed by atoms with van der Waals surface area (Å²) in [5.74, 6) is 2.02. The van der Waals surface area contributed by atoms with E-state index in [0.717, 1.165) is 36.6 Å². The monoisotopic (exact) mass is 309 g/mol. The number of imidazole rings is 1. The first-order valence-corrected chi connectivity index (χ1v) is 8.06. The highest BCUT2D eigenvalue weighted by molar-refractivity contribution is 5.75. The number of aryl methyl sites for hydroxylation is 1. The van der Waals surface area contributed by atoms with Gasteiger partial charge in [0.25, 0.3) is 0 Å². The Hall–Kier alpha value is -2.33. The molecule has 0 saturated heterocycles. The van der Waals surface area contributed by atoms with E-state index in [4.69, 9.17) is 9.72 Å². The van der Waals surface area contributed by atoms with Crippen molar-refractivity contribution >= 4 is 11.0 Å². The van der Waals surface area contributed by atoms with Crippen molar-refractivity contribution in [2.75, 3.05) is 20.2 Å². The van der Waals surface area contributed by atoms with Crippen LogP contribution in [0.2, 0.25) is 0 Å². The quantitative estimate of drug-likeness (QED) is 0.728. The molecule has 0 unspecified atom stereocenters. The Morgan fingerprint density at radius 3 is 2.65 bits per heavy atom. The van der Waals surface area contributed by atoms with E-state index in [1.165, 1.54) is 11.1 Å². The van der Waals surface area contributed by atoms with Crippen LogP contribution in [-0.2, 0) is 13.0 Å². The maximum atomic E-state index is 5.88. The molecule has 0 saturated carbocycles. The highest BCUT2D eigenvalue weighted by Crippen LogP contribution is 2.17. The maximum absolute atomic E-state index is 5.88. The van der Waals surface area contributed by atoms with Gasteiger partial charge in [-0.25, -0.2) is 4.98 Å². The lowest BCUT2D eigenvalue weighted by atomic mass is 10.2. The molecule has 1 aromatic heterocycles. The SMILES string of the molecule is CNCCc1nc2ccccc2n1CCOc1ccc(C)cc1. The molecule has 1 N–H and O–H groups in total. The van der Waals surface area contributed by atoms with Crippen LogP contribution in [0.4, 0.5) is 0 Å². The first-order chi connectivity index (χ1) is 11.3. The van der Waals surface area contributed by atoms with Crippen molar-refractivity contribution in [3.63, 3.8) is 0 Å². The summed E-state index contributed by atoms with van der Waals surface area (Å²) >= 11 is 0. The maximum Gasteiger partial charge on any atom is 0.119 e. The first-order valence-electron chi connectivity index (χ1n) is 8.06. The predicted molar refractivity (Wildman–Crippen MR) is 94.0 cm³/mol. The van der Waals surface area contributed by atoms with E-state index in [1.807, 2.05) is 25.2 Å². The fourth-order valence-corrected chi connectivity index (χ4v) is 2.69. The van der Waals surface area contributed by atoms with Gasteiger partial charge in [0.15, 0.2) is 0 Å². The summed E-state index contributed by atoms with van der Waals surface area (Å²) in [5, 5.41) is 3.19. The zero-order valence-electron chi connectivity index (χ0n) is 13.7. The van der Waals surface area contributed by atoms with Gasteiger partial charge in [-0.1, -0.05) is 29.8 Å². The molecule has 120 valence electrons. The molecule has 23 heavy (non-hydrogen) atoms. The molecule has 0 fully saturated rings. The van der Waals surface area contributed by atoms with Gasteiger partial charge in [-0.2, -0.15) is 0 Å². The predicted octanol–water partition coefficient (Wildman–Crippen LogP) is 3.19. The molecule has 0 aliphatic heterocycles. The van der Waals surface area contributed by atoms with Gasteiger partial charge >= 0.3 is 0 Å². The Balaban J connectivity index is 1.73. The second-order valence-corrected chi connectivity index (χ2v) is 5.68. The highest BCUT2D eigenvalue weighted by Gasteiger charge is 2.09. The molecule has 3 aromatic rings. The van der Waals surface area contributed by atoms with Gasteiger partial charge in [0, 0.05) is 13.0 Å². The molecular formula is C19H23N3O. The van der Waals surface area contributed by atoms with Crippen LogP contribution in [0.1, 0.15) is 11.4 Å². The summed E-state index contributed by atoms with van der Waals surface area (Å²) in [7, 11) is 1.97. The summed E-state index contributed by atoms with van der Waals surface area (Å²) in [6, 6.07) is 16.5. The number of aromatic nitrogens is 2. The Bertz CT molecular complexity index is 762. The summed E-state index contributed by atoms with van der Waals surface area (Å²) < 4.78 is 8.14. The Morgan fingerprint density at radius 2 is 1.87 bits per heavy atom. The standard InChI is InChI=1S/C19H23N3O/c1-15-7-9-16(10-8-15)23-14-13-22-18-6-4-3-5-17(18)21-19(22)11-12-20-2/h3-10,20H,11-14H2,1-2H3. The molecule has 0 spiro atoms. The number of hydrogen-bond acceptors (Lipinski definition) is 3. The van der Waals surface area contributed by atoms with Crippen molar-refractivity contribution in [2.45, 2.75) is 19.9 Å². The van der Waals surface area contributed by atoms with E-state index >= 15 is 0 Å². The number of benzene rings is 2. The number of para-hydroxylation sites is 2. The van der Waals surface area contributed by atoms with Crippen LogP contribution in [0.25, 0.3) is 11.0 Å². The summed E-state index contributed by atoms with van der Waals surface area (Å²) in [6.45, 7) is 4.43. The minimum atomic E-state index is 0.635. The zero-order valence-corrected chi connectivity index (χ0v) is 13.7. The number of fused-ring (bicyclic) bond motifs is 1. The average molecular weight is 309 g/mol. The highest BCUT2D eigenvalue weighted by atomic mass is 16.5. The van der Waals surface area contributed by atoms with Gasteiger partial charge in [0.2, 0.25) is 0 Å². The van der Waals surface area contributed by atoms with E-state index < -0.39 is 0 Å². The fourth-order valence-electron chi connectivity index (χ4n) is 2.69. The Kier molecular flexibility index (Phi) is 4.93. The average Bonchev–Trinajstić information content (AvgIpc) is 2.93. The molecule has 0 radical (unpaired) electrons. The van der Waals surface area contributed by atoms with Gasteiger partial charge in [0.1, 0.15) is 18.2 Å². The van der Waals surface area contributed by atoms with Crippen LogP contribution < -0.4 is 10.1 Å². The molecule has 0 aliphatic carbocycles. The lowest BCUT2D eigenvalue weighted by molar-refractivity contribution is 0.298. The molecule has 4 heteroatoms. The summed E-state index contributed by atoms with van der Waals surface area (Å²) in [4.78, 5) is 4.75. The number of nitrogens with one attached hydrogen (secondary N) is 1. The van der Waals surface area contributed by atoms with E-state index in [9.17, 15) is 0 Å². The second kappa shape index (κ2) is 7.29. The fraction of sp³-hybridized carbons (Fsp3) is 0.316. The van der Waals surface area contributed by atoms with Crippen molar-refractivity contribution in [3.8, 4) is 5.75 Å². The number of ether oxygens (including phenoxy) is 1. The largest absolute Gasteiger partial charge is 0.492 e. The van der Waals surface area contributed by atoms with Gasteiger partial charge in [-0.3, -0.25) is 0 Å². The third-order valence-corrected chi connectivity index (χ3v) is 3.94. The van der Waals surface area contributed by atoms with Gasteiger partial charge in [-0.15, -0.1) is 0 Å². The van der Waals surface area contributed by atoms with Crippen LogP contribution in [0.3, 0.4) is 0 Å². The molecular weight excluding hydrogens is 286 g/mol. The van der Waals surface area contributed by atoms with E-state index in [1.54, 1.807) is 0 Å². The molecule has 2 aromatic carbocycles. The van der Waals surface area contributed by atoms with E-state index in [0.29, 0.717) is 6.61 Å². The lowest BCUT2D eigenvalue weighted by Crippen LogP contribution is -2.16. The normalized spacial score (nSPS) is 11.0. The van der Waals surface area contributed by atoms with Crippen molar-refractivity contribution in [1.29, 1.82) is 0 Å². The second-order valence-electron chi connectivity index (χ2n) is 5.68. The number of rotatable bonds is 7. The van der Waals surface area contributed by atoms with Crippen molar-refractivity contribution < 1.29 is 4.74 Å². The molecule has 3 rings (SSSR count). The van der Waals surface area contributed by atoms with Crippen molar-refractivity contribution in [3.05, 3.63) is 59.9 Å². The number of likely N-dealkylation sites (N-methyl/N-ethyl adjacent to an activating group) is 1. The van der Waals surface area contributed by atoms with Gasteiger partial charge in [-0.05, 0) is 38.2 Å². The van der Waals surface area contributed by atoms with Gasteiger partial charge < -0.3 is 14.6 Å². The van der Waals surface area contributed by atoms with E-state index in [-0.39, 0.29) is 0 Å². The molecule has 0 amide bonds. The number of hydrogen-bond donors (Lipinski definition) is 1. The third-order valence-electron chi connectivity index (χ3n) is 3.94.